The summed E-state index contributed by atoms with van der Waals surface area (Å²) >= 11 is 3.43. The van der Waals surface area contributed by atoms with Crippen molar-refractivity contribution in [1.29, 1.82) is 5.26 Å². The Kier molecular flexibility index (Phi) is 5.45. The van der Waals surface area contributed by atoms with Gasteiger partial charge in [0.25, 0.3) is 0 Å². The van der Waals surface area contributed by atoms with Crippen LogP contribution in [0.2, 0.25) is 0 Å². The van der Waals surface area contributed by atoms with Crippen LogP contribution in [0, 0.1) is 11.3 Å². The maximum absolute atomic E-state index is 8.94. The third kappa shape index (κ3) is 4.01. The van der Waals surface area contributed by atoms with Crippen molar-refractivity contribution in [3.63, 3.8) is 0 Å². The lowest BCUT2D eigenvalue weighted by Crippen LogP contribution is -2.05. The van der Waals surface area contributed by atoms with E-state index in [4.69, 9.17) is 14.7 Å². The molecule has 0 fully saturated rings. The molecule has 0 aliphatic carbocycles. The molecule has 0 bridgehead atoms. The Labute approximate surface area is 126 Å². The molecule has 2 aromatic rings. The lowest BCUT2D eigenvalue weighted by molar-refractivity contribution is 0.246. The quantitative estimate of drug-likeness (QED) is 0.746. The molecule has 0 N–H and O–H groups in total. The average Bonchev–Trinajstić information content (AvgIpc) is 2.49. The minimum absolute atomic E-state index is 0.517. The van der Waals surface area contributed by atoms with Gasteiger partial charge in [0.2, 0.25) is 0 Å². The number of hydrogen-bond acceptors (Lipinski definition) is 3. The molecule has 0 saturated heterocycles. The minimum atomic E-state index is 0.517. The predicted octanol–water partition coefficient (Wildman–Crippen LogP) is 4.17. The normalized spacial score (nSPS) is 9.80. The largest absolute Gasteiger partial charge is 0.492 e. The van der Waals surface area contributed by atoms with Crippen LogP contribution in [0.4, 0.5) is 0 Å². The van der Waals surface area contributed by atoms with Gasteiger partial charge in [-0.15, -0.1) is 0 Å². The third-order valence-electron chi connectivity index (χ3n) is 2.65. The number of rotatable bonds is 6. The summed E-state index contributed by atoms with van der Waals surface area (Å²) in [7, 11) is 0. The summed E-state index contributed by atoms with van der Waals surface area (Å²) in [6, 6.07) is 17.1. The number of nitriles is 1. The summed E-state index contributed by atoms with van der Waals surface area (Å²) in [6.07, 6.45) is 0.751. The van der Waals surface area contributed by atoms with E-state index in [1.54, 1.807) is 12.1 Å². The number of ether oxygens (including phenoxy) is 2. The molecule has 4 heteroatoms. The van der Waals surface area contributed by atoms with E-state index in [1.165, 1.54) is 0 Å². The van der Waals surface area contributed by atoms with Crippen LogP contribution in [0.15, 0.2) is 53.0 Å². The number of benzene rings is 2. The summed E-state index contributed by atoms with van der Waals surface area (Å²) < 4.78 is 12.2. The van der Waals surface area contributed by atoms with Crippen LogP contribution in [0.3, 0.4) is 0 Å². The Morgan fingerprint density at radius 2 is 1.50 bits per heavy atom. The fraction of sp³-hybridized carbons (Fsp3) is 0.188. The van der Waals surface area contributed by atoms with Gasteiger partial charge in [0.1, 0.15) is 17.6 Å². The topological polar surface area (TPSA) is 42.2 Å². The molecule has 0 unspecified atom stereocenters. The van der Waals surface area contributed by atoms with Crippen LogP contribution in [-0.2, 0) is 0 Å². The predicted molar refractivity (Wildman–Crippen MR) is 80.9 cm³/mol. The molecule has 0 heterocycles. The van der Waals surface area contributed by atoms with Crippen molar-refractivity contribution in [1.82, 2.24) is 0 Å². The molecule has 0 aliphatic heterocycles. The average molecular weight is 332 g/mol. The first-order valence-electron chi connectivity index (χ1n) is 6.30. The fourth-order valence-electron chi connectivity index (χ4n) is 1.67. The van der Waals surface area contributed by atoms with Crippen molar-refractivity contribution in [2.45, 2.75) is 6.42 Å². The van der Waals surface area contributed by atoms with Crippen LogP contribution in [0.1, 0.15) is 12.0 Å². The van der Waals surface area contributed by atoms with Crippen LogP contribution < -0.4 is 9.47 Å². The van der Waals surface area contributed by atoms with Crippen LogP contribution in [0.25, 0.3) is 0 Å². The first kappa shape index (κ1) is 14.4. The number of para-hydroxylation sites is 2. The van der Waals surface area contributed by atoms with E-state index < -0.39 is 0 Å². The van der Waals surface area contributed by atoms with E-state index >= 15 is 0 Å². The Balaban J connectivity index is 1.75. The summed E-state index contributed by atoms with van der Waals surface area (Å²) in [5, 5.41) is 8.94. The molecule has 3 nitrogen and oxygen atoms in total. The summed E-state index contributed by atoms with van der Waals surface area (Å²) in [5.41, 5.74) is 0.555. The van der Waals surface area contributed by atoms with Gasteiger partial charge in [-0.05, 0) is 40.2 Å². The monoisotopic (exact) mass is 331 g/mol. The van der Waals surface area contributed by atoms with Crippen molar-refractivity contribution < 1.29 is 9.47 Å². The molecular weight excluding hydrogens is 318 g/mol. The van der Waals surface area contributed by atoms with Crippen LogP contribution in [-0.4, -0.2) is 13.2 Å². The Bertz CT molecular complexity index is 607. The maximum Gasteiger partial charge on any atom is 0.137 e. The van der Waals surface area contributed by atoms with E-state index in [0.29, 0.717) is 24.5 Å². The second-order valence-electron chi connectivity index (χ2n) is 4.09. The number of halogens is 1. The smallest absolute Gasteiger partial charge is 0.137 e. The summed E-state index contributed by atoms with van der Waals surface area (Å²) in [6.45, 7) is 1.08. The zero-order valence-electron chi connectivity index (χ0n) is 10.9. The molecule has 0 aliphatic rings. The Hall–Kier alpha value is -1.99. The second kappa shape index (κ2) is 7.56. The molecule has 0 radical (unpaired) electrons. The van der Waals surface area contributed by atoms with E-state index in [2.05, 4.69) is 22.0 Å². The Morgan fingerprint density at radius 1 is 0.900 bits per heavy atom. The van der Waals surface area contributed by atoms with E-state index in [1.807, 2.05) is 36.4 Å². The van der Waals surface area contributed by atoms with Crippen molar-refractivity contribution in [2.75, 3.05) is 13.2 Å². The molecular formula is C16H14BrNO2. The molecule has 20 heavy (non-hydrogen) atoms. The first-order chi connectivity index (χ1) is 9.81. The molecule has 2 aromatic carbocycles. The fourth-order valence-corrected chi connectivity index (χ4v) is 2.07. The lowest BCUT2D eigenvalue weighted by Gasteiger charge is -2.09. The van der Waals surface area contributed by atoms with Gasteiger partial charge in [-0.2, -0.15) is 5.26 Å². The van der Waals surface area contributed by atoms with Gasteiger partial charge < -0.3 is 9.47 Å². The summed E-state index contributed by atoms with van der Waals surface area (Å²) in [5.74, 6) is 1.45. The maximum atomic E-state index is 8.94. The van der Waals surface area contributed by atoms with Gasteiger partial charge in [-0.25, -0.2) is 0 Å². The third-order valence-corrected chi connectivity index (χ3v) is 3.30. The van der Waals surface area contributed by atoms with Crippen LogP contribution in [0.5, 0.6) is 11.5 Å². The van der Waals surface area contributed by atoms with Gasteiger partial charge in [-0.3, -0.25) is 0 Å². The molecule has 0 spiro atoms. The van der Waals surface area contributed by atoms with Gasteiger partial charge in [0, 0.05) is 6.42 Å². The highest BCUT2D eigenvalue weighted by atomic mass is 79.9. The zero-order valence-corrected chi connectivity index (χ0v) is 12.5. The first-order valence-corrected chi connectivity index (χ1v) is 7.10. The minimum Gasteiger partial charge on any atom is -0.492 e. The molecule has 0 aromatic heterocycles. The van der Waals surface area contributed by atoms with Crippen molar-refractivity contribution in [3.8, 4) is 17.6 Å². The number of hydrogen-bond donors (Lipinski definition) is 0. The molecule has 0 saturated carbocycles. The van der Waals surface area contributed by atoms with Gasteiger partial charge in [0.15, 0.2) is 0 Å². The van der Waals surface area contributed by atoms with Gasteiger partial charge in [0.05, 0.1) is 23.2 Å². The van der Waals surface area contributed by atoms with Gasteiger partial charge in [-0.1, -0.05) is 24.3 Å². The van der Waals surface area contributed by atoms with Crippen molar-refractivity contribution in [3.05, 3.63) is 58.6 Å². The second-order valence-corrected chi connectivity index (χ2v) is 4.94. The van der Waals surface area contributed by atoms with E-state index in [-0.39, 0.29) is 0 Å². The lowest BCUT2D eigenvalue weighted by atomic mass is 10.2. The van der Waals surface area contributed by atoms with E-state index in [9.17, 15) is 0 Å². The highest BCUT2D eigenvalue weighted by molar-refractivity contribution is 9.10. The van der Waals surface area contributed by atoms with Gasteiger partial charge >= 0.3 is 0 Å². The highest BCUT2D eigenvalue weighted by Gasteiger charge is 2.02. The zero-order chi connectivity index (χ0) is 14.2. The molecule has 2 rings (SSSR count). The SMILES string of the molecule is N#Cc1ccccc1OCCCOc1ccccc1Br. The highest BCUT2D eigenvalue weighted by Crippen LogP contribution is 2.23. The molecule has 0 atom stereocenters. The molecule has 0 amide bonds. The van der Waals surface area contributed by atoms with Crippen molar-refractivity contribution in [2.24, 2.45) is 0 Å². The van der Waals surface area contributed by atoms with Crippen LogP contribution >= 0.6 is 15.9 Å². The summed E-state index contributed by atoms with van der Waals surface area (Å²) in [4.78, 5) is 0. The van der Waals surface area contributed by atoms with E-state index in [0.717, 1.165) is 16.6 Å². The number of nitrogens with zero attached hydrogens (tertiary/aromatic N) is 1. The standard InChI is InChI=1S/C16H14BrNO2/c17-14-7-2-4-9-16(14)20-11-5-10-19-15-8-3-1-6-13(15)12-18/h1-4,6-9H,5,10-11H2. The van der Waals surface area contributed by atoms with Crippen molar-refractivity contribution >= 4 is 15.9 Å². The molecule has 102 valence electrons. The Morgan fingerprint density at radius 3 is 2.20 bits per heavy atom.